The van der Waals surface area contributed by atoms with Gasteiger partial charge in [0.1, 0.15) is 12.4 Å². The van der Waals surface area contributed by atoms with Crippen LogP contribution in [0.15, 0.2) is 82.4 Å². The Morgan fingerprint density at radius 1 is 0.941 bits per heavy atom. The van der Waals surface area contributed by atoms with Crippen molar-refractivity contribution in [3.8, 4) is 5.75 Å². The topological polar surface area (TPSA) is 59.0 Å². The molecular formula is C28H23BrN2O3. The number of benzene rings is 3. The van der Waals surface area contributed by atoms with Gasteiger partial charge in [-0.1, -0.05) is 54.6 Å². The van der Waals surface area contributed by atoms with Crippen molar-refractivity contribution < 1.29 is 14.3 Å². The van der Waals surface area contributed by atoms with Gasteiger partial charge >= 0.3 is 0 Å². The molecule has 0 spiro atoms. The second kappa shape index (κ2) is 8.51. The van der Waals surface area contributed by atoms with Gasteiger partial charge in [0.2, 0.25) is 0 Å². The fourth-order valence-electron chi connectivity index (χ4n) is 5.58. The Labute approximate surface area is 206 Å². The zero-order valence-electron chi connectivity index (χ0n) is 18.4. The van der Waals surface area contributed by atoms with E-state index >= 15 is 0 Å². The first-order valence-corrected chi connectivity index (χ1v) is 12.4. The SMILES string of the molecule is O=C1[C@@H]2[C@@H](C(=O)N1/N=C\c1ccc(OCc3cccc4ccccc34)c(Br)c1)[C@H]1C=C[C@H]2CC1. The van der Waals surface area contributed by atoms with Crippen LogP contribution in [0.2, 0.25) is 0 Å². The largest absolute Gasteiger partial charge is 0.488 e. The van der Waals surface area contributed by atoms with Gasteiger partial charge in [-0.15, -0.1) is 0 Å². The molecule has 2 bridgehead atoms. The standard InChI is InChI=1S/C28H23BrN2O3/c29-23-14-17(8-13-24(23)34-16-21-6-3-5-18-4-1-2-7-22(18)21)15-30-31-27(32)25-19-9-10-20(12-11-19)26(25)28(31)33/h1-10,13-15,19-20,25-26H,11-12,16H2/b30-15-/t19-,20-,25-,26-/m0/s1. The number of carbonyl (C=O) groups excluding carboxylic acids is 2. The zero-order valence-corrected chi connectivity index (χ0v) is 20.0. The molecule has 34 heavy (non-hydrogen) atoms. The average Bonchev–Trinajstić information content (AvgIpc) is 3.14. The molecule has 7 rings (SSSR count). The number of nitrogens with zero attached hydrogens (tertiary/aromatic N) is 2. The molecule has 0 aromatic heterocycles. The fourth-order valence-corrected chi connectivity index (χ4v) is 6.10. The Morgan fingerprint density at radius 2 is 1.65 bits per heavy atom. The monoisotopic (exact) mass is 514 g/mol. The van der Waals surface area contributed by atoms with Crippen molar-refractivity contribution in [2.75, 3.05) is 0 Å². The molecule has 0 N–H and O–H groups in total. The minimum atomic E-state index is -0.245. The molecule has 1 saturated heterocycles. The predicted molar refractivity (Wildman–Crippen MR) is 134 cm³/mol. The summed E-state index contributed by atoms with van der Waals surface area (Å²) in [6.07, 6.45) is 7.75. The number of allylic oxidation sites excluding steroid dienone is 2. The van der Waals surface area contributed by atoms with Crippen molar-refractivity contribution in [3.05, 3.63) is 88.4 Å². The van der Waals surface area contributed by atoms with Gasteiger partial charge in [-0.25, -0.2) is 0 Å². The minimum absolute atomic E-state index is 0.166. The van der Waals surface area contributed by atoms with E-state index < -0.39 is 0 Å². The van der Waals surface area contributed by atoms with Crippen LogP contribution >= 0.6 is 15.9 Å². The zero-order chi connectivity index (χ0) is 23.2. The molecule has 3 aromatic rings. The second-order valence-corrected chi connectivity index (χ2v) is 10.0. The Bertz CT molecular complexity index is 1330. The summed E-state index contributed by atoms with van der Waals surface area (Å²) in [7, 11) is 0. The number of fused-ring (bicyclic) bond motifs is 2. The molecule has 5 nitrogen and oxygen atoms in total. The molecular weight excluding hydrogens is 492 g/mol. The summed E-state index contributed by atoms with van der Waals surface area (Å²) in [5, 5.41) is 7.74. The summed E-state index contributed by atoms with van der Waals surface area (Å²) < 4.78 is 6.86. The van der Waals surface area contributed by atoms with E-state index in [1.54, 1.807) is 6.21 Å². The lowest BCUT2D eigenvalue weighted by Gasteiger charge is -2.37. The van der Waals surface area contributed by atoms with E-state index in [2.05, 4.69) is 57.4 Å². The third kappa shape index (κ3) is 3.57. The number of rotatable bonds is 5. The molecule has 1 heterocycles. The molecule has 0 unspecified atom stereocenters. The number of ether oxygens (including phenoxy) is 1. The van der Waals surface area contributed by atoms with E-state index in [4.69, 9.17) is 4.74 Å². The van der Waals surface area contributed by atoms with Crippen molar-refractivity contribution in [2.45, 2.75) is 19.4 Å². The molecule has 4 aliphatic rings. The van der Waals surface area contributed by atoms with Crippen molar-refractivity contribution in [1.29, 1.82) is 0 Å². The van der Waals surface area contributed by atoms with Crippen LogP contribution < -0.4 is 4.74 Å². The van der Waals surface area contributed by atoms with Crippen LogP contribution in [0.3, 0.4) is 0 Å². The number of hydrazone groups is 1. The first kappa shape index (κ1) is 21.3. The van der Waals surface area contributed by atoms with Gasteiger partial charge in [0, 0.05) is 0 Å². The van der Waals surface area contributed by atoms with Gasteiger partial charge in [-0.3, -0.25) is 9.59 Å². The van der Waals surface area contributed by atoms with Gasteiger partial charge in [0.15, 0.2) is 0 Å². The summed E-state index contributed by atoms with van der Waals surface area (Å²) in [5.41, 5.74) is 1.90. The molecule has 3 aromatic carbocycles. The molecule has 3 aliphatic carbocycles. The highest BCUT2D eigenvalue weighted by atomic mass is 79.9. The maximum absolute atomic E-state index is 12.9. The molecule has 1 aliphatic heterocycles. The highest BCUT2D eigenvalue weighted by Crippen LogP contribution is 2.49. The van der Waals surface area contributed by atoms with Crippen LogP contribution in [0.25, 0.3) is 10.8 Å². The third-order valence-electron chi connectivity index (χ3n) is 7.28. The first-order valence-electron chi connectivity index (χ1n) is 11.6. The molecule has 4 atom stereocenters. The maximum atomic E-state index is 12.9. The quantitative estimate of drug-likeness (QED) is 0.249. The lowest BCUT2D eigenvalue weighted by Crippen LogP contribution is -2.38. The number of amides is 2. The van der Waals surface area contributed by atoms with Crippen molar-refractivity contribution in [3.63, 3.8) is 0 Å². The van der Waals surface area contributed by atoms with Crippen molar-refractivity contribution in [1.82, 2.24) is 5.01 Å². The Hall–Kier alpha value is -3.25. The first-order chi connectivity index (χ1) is 16.6. The Balaban J connectivity index is 1.16. The van der Waals surface area contributed by atoms with Crippen LogP contribution in [0.5, 0.6) is 5.75 Å². The highest BCUT2D eigenvalue weighted by molar-refractivity contribution is 9.10. The number of carbonyl (C=O) groups is 2. The molecule has 170 valence electrons. The van der Waals surface area contributed by atoms with E-state index in [9.17, 15) is 9.59 Å². The van der Waals surface area contributed by atoms with Crippen LogP contribution in [-0.4, -0.2) is 23.0 Å². The summed E-state index contributed by atoms with van der Waals surface area (Å²) >= 11 is 3.58. The minimum Gasteiger partial charge on any atom is -0.488 e. The predicted octanol–water partition coefficient (Wildman–Crippen LogP) is 5.71. The number of hydrogen-bond donors (Lipinski definition) is 0. The van der Waals surface area contributed by atoms with Crippen molar-refractivity contribution >= 4 is 44.7 Å². The average molecular weight is 515 g/mol. The third-order valence-corrected chi connectivity index (χ3v) is 7.90. The molecule has 2 amide bonds. The molecule has 6 heteroatoms. The molecule has 1 saturated carbocycles. The van der Waals surface area contributed by atoms with E-state index in [0.29, 0.717) is 12.4 Å². The summed E-state index contributed by atoms with van der Waals surface area (Å²) in [6, 6.07) is 20.1. The summed E-state index contributed by atoms with van der Waals surface area (Å²) in [5.74, 6) is 0.221. The van der Waals surface area contributed by atoms with Gasteiger partial charge in [-0.2, -0.15) is 10.1 Å². The highest BCUT2D eigenvalue weighted by Gasteiger charge is 2.56. The normalized spacial score (nSPS) is 25.5. The molecule has 0 radical (unpaired) electrons. The van der Waals surface area contributed by atoms with Gasteiger partial charge < -0.3 is 4.74 Å². The maximum Gasteiger partial charge on any atom is 0.254 e. The number of hydrogen-bond acceptors (Lipinski definition) is 4. The van der Waals surface area contributed by atoms with Gasteiger partial charge in [0.25, 0.3) is 11.8 Å². The fraction of sp³-hybridized carbons (Fsp3) is 0.250. The summed E-state index contributed by atoms with van der Waals surface area (Å²) in [6.45, 7) is 0.448. The van der Waals surface area contributed by atoms with Crippen LogP contribution in [0, 0.1) is 23.7 Å². The Morgan fingerprint density at radius 3 is 2.35 bits per heavy atom. The lowest BCUT2D eigenvalue weighted by atomic mass is 9.63. The van der Waals surface area contributed by atoms with Crippen molar-refractivity contribution in [2.24, 2.45) is 28.8 Å². The van der Waals surface area contributed by atoms with Crippen LogP contribution in [0.4, 0.5) is 0 Å². The smallest absolute Gasteiger partial charge is 0.254 e. The van der Waals surface area contributed by atoms with E-state index in [-0.39, 0.29) is 35.5 Å². The van der Waals surface area contributed by atoms with Gasteiger partial charge in [-0.05, 0) is 80.7 Å². The van der Waals surface area contributed by atoms with E-state index in [1.807, 2.05) is 36.4 Å². The lowest BCUT2D eigenvalue weighted by molar-refractivity contribution is -0.140. The van der Waals surface area contributed by atoms with Crippen LogP contribution in [0.1, 0.15) is 24.0 Å². The second-order valence-electron chi connectivity index (χ2n) is 9.19. The number of halogens is 1. The van der Waals surface area contributed by atoms with Gasteiger partial charge in [0.05, 0.1) is 22.5 Å². The Kier molecular flexibility index (Phi) is 5.33. The van der Waals surface area contributed by atoms with E-state index in [0.717, 1.165) is 33.5 Å². The number of imide groups is 1. The summed E-state index contributed by atoms with van der Waals surface area (Å²) in [4.78, 5) is 25.8. The van der Waals surface area contributed by atoms with E-state index in [1.165, 1.54) is 10.8 Å². The molecule has 2 fully saturated rings. The van der Waals surface area contributed by atoms with Crippen LogP contribution in [-0.2, 0) is 16.2 Å².